The molecule has 0 saturated carbocycles. The van der Waals surface area contributed by atoms with Crippen LogP contribution in [0.4, 0.5) is 5.69 Å². The number of nitrogen functional groups attached to an aromatic ring is 1. The van der Waals surface area contributed by atoms with Crippen molar-refractivity contribution in [1.29, 1.82) is 5.26 Å². The Labute approximate surface area is 88.9 Å². The molecule has 0 spiro atoms. The van der Waals surface area contributed by atoms with Gasteiger partial charge in [0.1, 0.15) is 0 Å². The molecule has 0 radical (unpaired) electrons. The summed E-state index contributed by atoms with van der Waals surface area (Å²) in [6.07, 6.45) is 6.98. The van der Waals surface area contributed by atoms with E-state index < -0.39 is 0 Å². The SMILES string of the molecule is N#CCCCCCn1ccc(=O)c(N)c1. The monoisotopic (exact) mass is 205 g/mol. The Kier molecular flexibility index (Phi) is 4.42. The maximum atomic E-state index is 11.0. The lowest BCUT2D eigenvalue weighted by molar-refractivity contribution is 0.590. The second kappa shape index (κ2) is 5.86. The molecule has 0 fully saturated rings. The third-order valence-corrected chi connectivity index (χ3v) is 2.21. The summed E-state index contributed by atoms with van der Waals surface area (Å²) >= 11 is 0. The van der Waals surface area contributed by atoms with Crippen LogP contribution in [-0.2, 0) is 6.54 Å². The zero-order valence-electron chi connectivity index (χ0n) is 8.65. The molecule has 0 aliphatic heterocycles. The number of unbranched alkanes of at least 4 members (excludes halogenated alkanes) is 3. The highest BCUT2D eigenvalue weighted by Gasteiger charge is 1.95. The average Bonchev–Trinajstić information content (AvgIpc) is 2.23. The summed E-state index contributed by atoms with van der Waals surface area (Å²) in [5.41, 5.74) is 5.65. The summed E-state index contributed by atoms with van der Waals surface area (Å²) in [6, 6.07) is 3.59. The molecule has 2 N–H and O–H groups in total. The van der Waals surface area contributed by atoms with Gasteiger partial charge in [0, 0.05) is 31.4 Å². The molecule has 80 valence electrons. The first kappa shape index (κ1) is 11.3. The highest BCUT2D eigenvalue weighted by Crippen LogP contribution is 2.02. The smallest absolute Gasteiger partial charge is 0.204 e. The highest BCUT2D eigenvalue weighted by atomic mass is 16.1. The number of hydrogen-bond donors (Lipinski definition) is 1. The predicted molar refractivity (Wildman–Crippen MR) is 59.2 cm³/mol. The van der Waals surface area contributed by atoms with Crippen LogP contribution in [0.5, 0.6) is 0 Å². The van der Waals surface area contributed by atoms with Crippen LogP contribution in [0.15, 0.2) is 23.3 Å². The summed E-state index contributed by atoms with van der Waals surface area (Å²) in [5.74, 6) is 0. The largest absolute Gasteiger partial charge is 0.394 e. The Bertz CT molecular complexity index is 403. The Morgan fingerprint density at radius 2 is 2.20 bits per heavy atom. The van der Waals surface area contributed by atoms with Crippen LogP contribution < -0.4 is 11.2 Å². The van der Waals surface area contributed by atoms with Gasteiger partial charge < -0.3 is 10.3 Å². The summed E-state index contributed by atoms with van der Waals surface area (Å²) in [5, 5.41) is 8.34. The van der Waals surface area contributed by atoms with Gasteiger partial charge in [-0.3, -0.25) is 4.79 Å². The van der Waals surface area contributed by atoms with Crippen molar-refractivity contribution in [3.8, 4) is 6.07 Å². The fourth-order valence-electron chi connectivity index (χ4n) is 1.36. The number of pyridine rings is 1. The van der Waals surface area contributed by atoms with Crippen LogP contribution in [0, 0.1) is 11.3 Å². The van der Waals surface area contributed by atoms with Gasteiger partial charge in [-0.05, 0) is 12.8 Å². The third kappa shape index (κ3) is 3.86. The molecule has 0 aromatic carbocycles. The summed E-state index contributed by atoms with van der Waals surface area (Å²) in [6.45, 7) is 0.843. The van der Waals surface area contributed by atoms with E-state index in [1.54, 1.807) is 12.4 Å². The van der Waals surface area contributed by atoms with Crippen LogP contribution in [-0.4, -0.2) is 4.57 Å². The maximum absolute atomic E-state index is 11.0. The lowest BCUT2D eigenvalue weighted by Gasteiger charge is -2.05. The predicted octanol–water partition coefficient (Wildman–Crippen LogP) is 1.51. The minimum Gasteiger partial charge on any atom is -0.394 e. The number of aromatic nitrogens is 1. The van der Waals surface area contributed by atoms with Crippen LogP contribution in [0.25, 0.3) is 0 Å². The molecule has 0 atom stereocenters. The summed E-state index contributed by atoms with van der Waals surface area (Å²) in [4.78, 5) is 11.0. The van der Waals surface area contributed by atoms with Gasteiger partial charge in [-0.15, -0.1) is 0 Å². The van der Waals surface area contributed by atoms with E-state index in [-0.39, 0.29) is 11.1 Å². The van der Waals surface area contributed by atoms with Crippen molar-refractivity contribution >= 4 is 5.69 Å². The molecule has 0 saturated heterocycles. The van der Waals surface area contributed by atoms with Gasteiger partial charge in [-0.1, -0.05) is 6.42 Å². The Morgan fingerprint density at radius 3 is 2.87 bits per heavy atom. The zero-order valence-corrected chi connectivity index (χ0v) is 8.65. The second-order valence-corrected chi connectivity index (χ2v) is 3.47. The lowest BCUT2D eigenvalue weighted by atomic mass is 10.2. The quantitative estimate of drug-likeness (QED) is 0.740. The van der Waals surface area contributed by atoms with Gasteiger partial charge in [-0.25, -0.2) is 0 Å². The molecule has 1 aromatic rings. The second-order valence-electron chi connectivity index (χ2n) is 3.47. The number of aryl methyl sites for hydroxylation is 1. The zero-order chi connectivity index (χ0) is 11.1. The average molecular weight is 205 g/mol. The molecule has 0 aliphatic carbocycles. The molecule has 4 nitrogen and oxygen atoms in total. The van der Waals surface area contributed by atoms with Crippen LogP contribution in [0.1, 0.15) is 25.7 Å². The van der Waals surface area contributed by atoms with E-state index in [4.69, 9.17) is 11.0 Å². The molecule has 1 aromatic heterocycles. The van der Waals surface area contributed by atoms with E-state index in [0.717, 1.165) is 25.8 Å². The van der Waals surface area contributed by atoms with E-state index in [9.17, 15) is 4.79 Å². The van der Waals surface area contributed by atoms with Gasteiger partial charge in [0.25, 0.3) is 0 Å². The summed E-state index contributed by atoms with van der Waals surface area (Å²) in [7, 11) is 0. The number of nitrogens with zero attached hydrogens (tertiary/aromatic N) is 2. The Morgan fingerprint density at radius 1 is 1.40 bits per heavy atom. The number of nitrogens with two attached hydrogens (primary N) is 1. The Balaban J connectivity index is 2.35. The van der Waals surface area contributed by atoms with Crippen LogP contribution in [0.2, 0.25) is 0 Å². The Hall–Kier alpha value is -1.76. The minimum absolute atomic E-state index is 0.129. The van der Waals surface area contributed by atoms with Crippen molar-refractivity contribution in [2.45, 2.75) is 32.2 Å². The number of nitriles is 1. The van der Waals surface area contributed by atoms with Crippen molar-refractivity contribution in [1.82, 2.24) is 4.57 Å². The fraction of sp³-hybridized carbons (Fsp3) is 0.455. The molecule has 15 heavy (non-hydrogen) atoms. The van der Waals surface area contributed by atoms with Crippen LogP contribution in [0.3, 0.4) is 0 Å². The molecular formula is C11H15N3O. The number of rotatable bonds is 5. The van der Waals surface area contributed by atoms with E-state index in [1.165, 1.54) is 6.07 Å². The molecular weight excluding hydrogens is 190 g/mol. The standard InChI is InChI=1S/C11H15N3O/c12-6-3-1-2-4-7-14-8-5-11(15)10(13)9-14/h5,8-9H,1-4,7,13H2. The maximum Gasteiger partial charge on any atom is 0.204 e. The number of anilines is 1. The minimum atomic E-state index is -0.129. The fourth-order valence-corrected chi connectivity index (χ4v) is 1.36. The van der Waals surface area contributed by atoms with Crippen molar-refractivity contribution in [3.63, 3.8) is 0 Å². The van der Waals surface area contributed by atoms with E-state index in [2.05, 4.69) is 6.07 Å². The van der Waals surface area contributed by atoms with Gasteiger partial charge in [0.05, 0.1) is 11.8 Å². The molecule has 0 unspecified atom stereocenters. The van der Waals surface area contributed by atoms with Crippen molar-refractivity contribution in [2.75, 3.05) is 5.73 Å². The molecule has 4 heteroatoms. The van der Waals surface area contributed by atoms with Crippen molar-refractivity contribution < 1.29 is 0 Å². The first-order valence-electron chi connectivity index (χ1n) is 5.06. The molecule has 1 heterocycles. The normalized spacial score (nSPS) is 9.80. The van der Waals surface area contributed by atoms with Gasteiger partial charge >= 0.3 is 0 Å². The van der Waals surface area contributed by atoms with Crippen molar-refractivity contribution in [3.05, 3.63) is 28.7 Å². The van der Waals surface area contributed by atoms with E-state index in [0.29, 0.717) is 6.42 Å². The topological polar surface area (TPSA) is 71.8 Å². The van der Waals surface area contributed by atoms with E-state index >= 15 is 0 Å². The molecule has 1 rings (SSSR count). The van der Waals surface area contributed by atoms with Gasteiger partial charge in [-0.2, -0.15) is 5.26 Å². The summed E-state index contributed by atoms with van der Waals surface area (Å²) < 4.78 is 1.91. The van der Waals surface area contributed by atoms with E-state index in [1.807, 2.05) is 4.57 Å². The van der Waals surface area contributed by atoms with Gasteiger partial charge in [0.2, 0.25) is 5.43 Å². The molecule has 0 bridgehead atoms. The first-order chi connectivity index (χ1) is 7.24. The third-order valence-electron chi connectivity index (χ3n) is 2.21. The molecule has 0 amide bonds. The van der Waals surface area contributed by atoms with Crippen molar-refractivity contribution in [2.24, 2.45) is 0 Å². The van der Waals surface area contributed by atoms with Crippen LogP contribution >= 0.6 is 0 Å². The van der Waals surface area contributed by atoms with Gasteiger partial charge in [0.15, 0.2) is 0 Å². The molecule has 0 aliphatic rings. The highest BCUT2D eigenvalue weighted by molar-refractivity contribution is 5.33. The lowest BCUT2D eigenvalue weighted by Crippen LogP contribution is -2.10. The number of hydrogen-bond acceptors (Lipinski definition) is 3. The first-order valence-corrected chi connectivity index (χ1v) is 5.06.